The van der Waals surface area contributed by atoms with Crippen LogP contribution in [0, 0.1) is 6.92 Å². The van der Waals surface area contributed by atoms with Crippen LogP contribution in [0.15, 0.2) is 53.3 Å². The van der Waals surface area contributed by atoms with E-state index in [4.69, 9.17) is 14.0 Å². The van der Waals surface area contributed by atoms with Crippen LogP contribution in [0.25, 0.3) is 17.0 Å². The number of aryl methyl sites for hydroxylation is 1. The van der Waals surface area contributed by atoms with Gasteiger partial charge in [-0.1, -0.05) is 23.4 Å². The Bertz CT molecular complexity index is 1360. The summed E-state index contributed by atoms with van der Waals surface area (Å²) in [5.41, 5.74) is 3.23. The van der Waals surface area contributed by atoms with Gasteiger partial charge in [-0.05, 0) is 30.7 Å². The van der Waals surface area contributed by atoms with Crippen LogP contribution < -0.4 is 5.32 Å². The molecule has 1 N–H and O–H groups in total. The first kappa shape index (κ1) is 21.6. The lowest BCUT2D eigenvalue weighted by molar-refractivity contribution is -0.0153. The Kier molecular flexibility index (Phi) is 5.68. The van der Waals surface area contributed by atoms with Gasteiger partial charge in [0.25, 0.3) is 11.8 Å². The second-order valence-electron chi connectivity index (χ2n) is 7.77. The molecule has 3 aromatic heterocycles. The van der Waals surface area contributed by atoms with Gasteiger partial charge < -0.3 is 19.3 Å². The predicted octanol–water partition coefficient (Wildman–Crippen LogP) is 3.08. The molecule has 0 aliphatic carbocycles. The summed E-state index contributed by atoms with van der Waals surface area (Å²) in [4.78, 5) is 35.3. The maximum atomic E-state index is 12.9. The molecule has 2 amide bonds. The number of benzene rings is 1. The number of methoxy groups -OCH3 is 1. The zero-order valence-electron chi connectivity index (χ0n) is 18.6. The molecule has 1 aromatic carbocycles. The van der Waals surface area contributed by atoms with Crippen LogP contribution in [-0.2, 0) is 9.47 Å². The molecule has 34 heavy (non-hydrogen) atoms. The molecule has 11 heteroatoms. The van der Waals surface area contributed by atoms with E-state index in [1.165, 1.54) is 18.2 Å². The van der Waals surface area contributed by atoms with Gasteiger partial charge in [-0.2, -0.15) is 4.98 Å². The number of hydrogen-bond donors (Lipinski definition) is 1. The van der Waals surface area contributed by atoms with Gasteiger partial charge in [0.2, 0.25) is 5.82 Å². The standard InChI is InChI=1S/C23H22N6O5/c1-14-6-7-15(11-16(14)25-21(30)17-12-24-19-5-3-4-8-28(17)19)20-26-22(34-27-20)18-13-33-10-9-29(18)23(31)32-2/h3-8,11-12,18H,9-10,13H2,1-2H3,(H,25,30). The summed E-state index contributed by atoms with van der Waals surface area (Å²) in [7, 11) is 1.32. The molecule has 1 saturated heterocycles. The summed E-state index contributed by atoms with van der Waals surface area (Å²) in [6.45, 7) is 2.88. The number of aromatic nitrogens is 4. The van der Waals surface area contributed by atoms with E-state index in [1.807, 2.05) is 37.3 Å². The molecule has 1 unspecified atom stereocenters. The van der Waals surface area contributed by atoms with Crippen LogP contribution >= 0.6 is 0 Å². The zero-order valence-corrected chi connectivity index (χ0v) is 18.6. The first-order valence-electron chi connectivity index (χ1n) is 10.7. The Morgan fingerprint density at radius 3 is 2.97 bits per heavy atom. The van der Waals surface area contributed by atoms with Crippen LogP contribution in [0.5, 0.6) is 0 Å². The number of nitrogens with one attached hydrogen (secondary N) is 1. The van der Waals surface area contributed by atoms with Gasteiger partial charge in [0.05, 0.1) is 26.5 Å². The molecule has 0 spiro atoms. The molecule has 174 valence electrons. The predicted molar refractivity (Wildman–Crippen MR) is 120 cm³/mol. The molecule has 0 radical (unpaired) electrons. The molecule has 1 aliphatic rings. The van der Waals surface area contributed by atoms with Crippen molar-refractivity contribution in [3.63, 3.8) is 0 Å². The minimum atomic E-state index is -0.540. The summed E-state index contributed by atoms with van der Waals surface area (Å²) in [6, 6.07) is 10.5. The summed E-state index contributed by atoms with van der Waals surface area (Å²) in [6.07, 6.45) is 2.84. The largest absolute Gasteiger partial charge is 0.453 e. The normalized spacial score (nSPS) is 15.9. The second kappa shape index (κ2) is 8.94. The quantitative estimate of drug-likeness (QED) is 0.491. The van der Waals surface area contributed by atoms with Gasteiger partial charge in [-0.25, -0.2) is 9.78 Å². The van der Waals surface area contributed by atoms with E-state index in [0.29, 0.717) is 41.6 Å². The SMILES string of the molecule is COC(=O)N1CCOCC1c1nc(-c2ccc(C)c(NC(=O)c3cnc4ccccn34)c2)no1. The molecule has 0 bridgehead atoms. The van der Waals surface area contributed by atoms with Gasteiger partial charge in [0.1, 0.15) is 17.4 Å². The number of ether oxygens (including phenoxy) is 2. The Morgan fingerprint density at radius 1 is 1.24 bits per heavy atom. The number of nitrogens with zero attached hydrogens (tertiary/aromatic N) is 5. The second-order valence-corrected chi connectivity index (χ2v) is 7.77. The number of hydrogen-bond acceptors (Lipinski definition) is 8. The van der Waals surface area contributed by atoms with E-state index in [9.17, 15) is 9.59 Å². The van der Waals surface area contributed by atoms with E-state index in [1.54, 1.807) is 16.7 Å². The van der Waals surface area contributed by atoms with Crippen LogP contribution in [0.4, 0.5) is 10.5 Å². The Hall–Kier alpha value is -4.25. The Labute approximate surface area is 194 Å². The monoisotopic (exact) mass is 462 g/mol. The van der Waals surface area contributed by atoms with Crippen LogP contribution in [0.2, 0.25) is 0 Å². The lowest BCUT2D eigenvalue weighted by Gasteiger charge is -2.31. The van der Waals surface area contributed by atoms with E-state index in [2.05, 4.69) is 20.4 Å². The van der Waals surface area contributed by atoms with Crippen molar-refractivity contribution >= 4 is 23.3 Å². The molecule has 1 fully saturated rings. The minimum Gasteiger partial charge on any atom is -0.453 e. The lowest BCUT2D eigenvalue weighted by Crippen LogP contribution is -2.43. The van der Waals surface area contributed by atoms with Gasteiger partial charge in [0, 0.05) is 24.0 Å². The topological polar surface area (TPSA) is 124 Å². The lowest BCUT2D eigenvalue weighted by atomic mass is 10.1. The summed E-state index contributed by atoms with van der Waals surface area (Å²) >= 11 is 0. The molecule has 4 heterocycles. The average Bonchev–Trinajstić information content (AvgIpc) is 3.53. The van der Waals surface area contributed by atoms with Crippen molar-refractivity contribution in [2.45, 2.75) is 13.0 Å². The number of imidazole rings is 1. The molecular formula is C23H22N6O5. The summed E-state index contributed by atoms with van der Waals surface area (Å²) in [5.74, 6) is 0.286. The molecule has 0 saturated carbocycles. The highest BCUT2D eigenvalue weighted by Crippen LogP contribution is 2.28. The van der Waals surface area contributed by atoms with E-state index >= 15 is 0 Å². The fourth-order valence-corrected chi connectivity index (χ4v) is 3.81. The molecule has 1 atom stereocenters. The Balaban J connectivity index is 1.39. The van der Waals surface area contributed by atoms with Crippen LogP contribution in [0.1, 0.15) is 28.0 Å². The minimum absolute atomic E-state index is 0.227. The third-order valence-corrected chi connectivity index (χ3v) is 5.66. The van der Waals surface area contributed by atoms with E-state index in [0.717, 1.165) is 5.56 Å². The maximum Gasteiger partial charge on any atom is 0.410 e. The summed E-state index contributed by atoms with van der Waals surface area (Å²) < 4.78 is 17.5. The van der Waals surface area contributed by atoms with Crippen molar-refractivity contribution in [3.05, 3.63) is 65.9 Å². The number of amides is 2. The highest BCUT2D eigenvalue weighted by molar-refractivity contribution is 6.04. The van der Waals surface area contributed by atoms with Crippen LogP contribution in [0.3, 0.4) is 0 Å². The average molecular weight is 462 g/mol. The van der Waals surface area contributed by atoms with Crippen molar-refractivity contribution in [2.75, 3.05) is 32.2 Å². The number of fused-ring (bicyclic) bond motifs is 1. The third kappa shape index (κ3) is 3.97. The number of anilines is 1. The van der Waals surface area contributed by atoms with E-state index in [-0.39, 0.29) is 18.4 Å². The molecule has 11 nitrogen and oxygen atoms in total. The fraction of sp³-hybridized carbons (Fsp3) is 0.261. The number of morpholine rings is 1. The zero-order chi connectivity index (χ0) is 23.7. The first-order chi connectivity index (χ1) is 16.5. The highest BCUT2D eigenvalue weighted by Gasteiger charge is 2.33. The smallest absolute Gasteiger partial charge is 0.410 e. The van der Waals surface area contributed by atoms with Crippen molar-refractivity contribution in [2.24, 2.45) is 0 Å². The van der Waals surface area contributed by atoms with Crippen molar-refractivity contribution in [3.8, 4) is 11.4 Å². The van der Waals surface area contributed by atoms with Crippen molar-refractivity contribution in [1.29, 1.82) is 0 Å². The molecule has 4 aromatic rings. The maximum absolute atomic E-state index is 12.9. The van der Waals surface area contributed by atoms with Crippen molar-refractivity contribution in [1.82, 2.24) is 24.4 Å². The van der Waals surface area contributed by atoms with Gasteiger partial charge in [-0.3, -0.25) is 14.1 Å². The van der Waals surface area contributed by atoms with Gasteiger partial charge in [0.15, 0.2) is 0 Å². The Morgan fingerprint density at radius 2 is 2.12 bits per heavy atom. The fourth-order valence-electron chi connectivity index (χ4n) is 3.81. The van der Waals surface area contributed by atoms with Crippen molar-refractivity contribution < 1.29 is 23.6 Å². The van der Waals surface area contributed by atoms with E-state index < -0.39 is 12.1 Å². The number of rotatable bonds is 4. The van der Waals surface area contributed by atoms with Gasteiger partial charge in [-0.15, -0.1) is 0 Å². The molecular weight excluding hydrogens is 440 g/mol. The number of carbonyl (C=O) groups is 2. The molecule has 1 aliphatic heterocycles. The third-order valence-electron chi connectivity index (χ3n) is 5.66. The van der Waals surface area contributed by atoms with Crippen LogP contribution in [-0.4, -0.2) is 63.3 Å². The summed E-state index contributed by atoms with van der Waals surface area (Å²) in [5, 5.41) is 7.01. The molecule has 5 rings (SSSR count). The number of carbonyl (C=O) groups excluding carboxylic acids is 2. The number of pyridine rings is 1. The van der Waals surface area contributed by atoms with Gasteiger partial charge >= 0.3 is 6.09 Å². The highest BCUT2D eigenvalue weighted by atomic mass is 16.5. The first-order valence-corrected chi connectivity index (χ1v) is 10.7.